The summed E-state index contributed by atoms with van der Waals surface area (Å²) in [5.41, 5.74) is 2.73. The second-order valence-electron chi connectivity index (χ2n) is 7.25. The first-order chi connectivity index (χ1) is 13.6. The van der Waals surface area contributed by atoms with Crippen molar-refractivity contribution >= 4 is 5.95 Å². The van der Waals surface area contributed by atoms with E-state index in [0.717, 1.165) is 48.8 Å². The lowest BCUT2D eigenvalue weighted by Gasteiger charge is -2.33. The number of piperidine rings is 1. The van der Waals surface area contributed by atoms with Gasteiger partial charge < -0.3 is 10.2 Å². The predicted octanol–water partition coefficient (Wildman–Crippen LogP) is 2.03. The van der Waals surface area contributed by atoms with E-state index in [1.165, 1.54) is 0 Å². The molecule has 7 heteroatoms. The van der Waals surface area contributed by atoms with Crippen LogP contribution in [0, 0.1) is 6.92 Å². The first-order valence-corrected chi connectivity index (χ1v) is 9.73. The average molecular weight is 378 g/mol. The van der Waals surface area contributed by atoms with Crippen LogP contribution in [0.1, 0.15) is 24.1 Å². The molecule has 0 saturated carbocycles. The van der Waals surface area contributed by atoms with Crippen LogP contribution in [0.4, 0.5) is 5.95 Å². The fraction of sp³-hybridized carbons (Fsp3) is 0.381. The van der Waals surface area contributed by atoms with Crippen LogP contribution in [0.15, 0.2) is 53.6 Å². The number of hydrogen-bond donors (Lipinski definition) is 1. The molecule has 1 aromatic carbocycles. The fourth-order valence-corrected chi connectivity index (χ4v) is 3.85. The van der Waals surface area contributed by atoms with Crippen molar-refractivity contribution < 1.29 is 0 Å². The average Bonchev–Trinajstić information content (AvgIpc) is 2.96. The van der Waals surface area contributed by atoms with Crippen molar-refractivity contribution in [1.82, 2.24) is 24.6 Å². The summed E-state index contributed by atoms with van der Waals surface area (Å²) in [5, 5.41) is 3.59. The Labute approximate surface area is 164 Å². The van der Waals surface area contributed by atoms with Crippen LogP contribution in [0.5, 0.6) is 0 Å². The molecule has 1 atom stereocenters. The van der Waals surface area contributed by atoms with Crippen molar-refractivity contribution in [3.05, 3.63) is 70.4 Å². The van der Waals surface area contributed by atoms with Crippen LogP contribution in [-0.2, 0) is 13.6 Å². The Hall–Kier alpha value is -2.93. The Morgan fingerprint density at radius 1 is 1.14 bits per heavy atom. The van der Waals surface area contributed by atoms with E-state index < -0.39 is 0 Å². The van der Waals surface area contributed by atoms with E-state index in [1.807, 2.05) is 55.1 Å². The highest BCUT2D eigenvalue weighted by molar-refractivity contribution is 5.33. The van der Waals surface area contributed by atoms with E-state index in [-0.39, 0.29) is 5.56 Å². The second kappa shape index (κ2) is 7.98. The largest absolute Gasteiger partial charge is 0.339 e. The van der Waals surface area contributed by atoms with E-state index in [2.05, 4.69) is 20.2 Å². The molecule has 4 rings (SSSR count). The zero-order valence-electron chi connectivity index (χ0n) is 16.4. The van der Waals surface area contributed by atoms with E-state index in [4.69, 9.17) is 0 Å². The van der Waals surface area contributed by atoms with Gasteiger partial charge in [-0.25, -0.2) is 14.6 Å². The minimum absolute atomic E-state index is 0.0396. The van der Waals surface area contributed by atoms with Gasteiger partial charge >= 0.3 is 0 Å². The highest BCUT2D eigenvalue weighted by atomic mass is 16.1. The zero-order valence-corrected chi connectivity index (χ0v) is 16.4. The molecular weight excluding hydrogens is 352 g/mol. The molecule has 0 spiro atoms. The molecule has 1 fully saturated rings. The maximum Gasteiger partial charge on any atom is 0.276 e. The van der Waals surface area contributed by atoms with Gasteiger partial charge in [-0.2, -0.15) is 0 Å². The molecule has 0 unspecified atom stereocenters. The Balaban J connectivity index is 1.49. The van der Waals surface area contributed by atoms with E-state index in [0.29, 0.717) is 12.6 Å². The van der Waals surface area contributed by atoms with Gasteiger partial charge in [0.15, 0.2) is 0 Å². The summed E-state index contributed by atoms with van der Waals surface area (Å²) < 4.78 is 3.66. The molecule has 7 nitrogen and oxygen atoms in total. The molecule has 1 aliphatic heterocycles. The zero-order chi connectivity index (χ0) is 19.5. The topological polar surface area (TPSA) is 68.0 Å². The van der Waals surface area contributed by atoms with Gasteiger partial charge in [0.1, 0.15) is 0 Å². The molecule has 28 heavy (non-hydrogen) atoms. The third-order valence-corrected chi connectivity index (χ3v) is 5.50. The van der Waals surface area contributed by atoms with Gasteiger partial charge in [0, 0.05) is 50.8 Å². The minimum atomic E-state index is 0.0396. The van der Waals surface area contributed by atoms with Crippen LogP contribution >= 0.6 is 0 Å². The normalized spacial score (nSPS) is 17.1. The number of hydrogen-bond acceptors (Lipinski definition) is 5. The van der Waals surface area contributed by atoms with Gasteiger partial charge in [0.25, 0.3) is 5.56 Å². The Morgan fingerprint density at radius 3 is 2.64 bits per heavy atom. The summed E-state index contributed by atoms with van der Waals surface area (Å²) >= 11 is 0. The van der Waals surface area contributed by atoms with Crippen molar-refractivity contribution in [3.8, 4) is 5.69 Å². The number of aromatic nitrogens is 4. The summed E-state index contributed by atoms with van der Waals surface area (Å²) in [4.78, 5) is 24.0. The van der Waals surface area contributed by atoms with Crippen LogP contribution in [0.2, 0.25) is 0 Å². The molecule has 3 aromatic rings. The van der Waals surface area contributed by atoms with Crippen molar-refractivity contribution in [2.45, 2.75) is 32.4 Å². The summed E-state index contributed by atoms with van der Waals surface area (Å²) in [5.74, 6) is 0.774. The van der Waals surface area contributed by atoms with E-state index in [1.54, 1.807) is 17.1 Å². The van der Waals surface area contributed by atoms with Gasteiger partial charge in [-0.3, -0.25) is 9.48 Å². The van der Waals surface area contributed by atoms with Crippen LogP contribution in [0.3, 0.4) is 0 Å². The lowest BCUT2D eigenvalue weighted by atomic mass is 10.1. The first kappa shape index (κ1) is 18.4. The van der Waals surface area contributed by atoms with E-state index in [9.17, 15) is 4.79 Å². The summed E-state index contributed by atoms with van der Waals surface area (Å²) in [6.07, 6.45) is 5.72. The Bertz CT molecular complexity index is 979. The van der Waals surface area contributed by atoms with Gasteiger partial charge in [-0.05, 0) is 38.0 Å². The SMILES string of the molecule is Cc1c(CN[C@@H]2CCCN(c3ncccn3)C2)c(=O)n(-c2ccccc2)n1C. The monoisotopic (exact) mass is 378 g/mol. The maximum atomic E-state index is 13.0. The Morgan fingerprint density at radius 2 is 1.89 bits per heavy atom. The molecule has 3 heterocycles. The molecule has 0 amide bonds. The number of benzene rings is 1. The van der Waals surface area contributed by atoms with Crippen LogP contribution in [0.25, 0.3) is 5.69 Å². The van der Waals surface area contributed by atoms with Crippen molar-refractivity contribution in [2.24, 2.45) is 7.05 Å². The smallest absolute Gasteiger partial charge is 0.276 e. The maximum absolute atomic E-state index is 13.0. The van der Waals surface area contributed by atoms with Crippen LogP contribution in [-0.4, -0.2) is 38.5 Å². The molecular formula is C21H26N6O. The van der Waals surface area contributed by atoms with Crippen molar-refractivity contribution in [3.63, 3.8) is 0 Å². The first-order valence-electron chi connectivity index (χ1n) is 9.73. The molecule has 2 aromatic heterocycles. The quantitative estimate of drug-likeness (QED) is 0.736. The number of anilines is 1. The fourth-order valence-electron chi connectivity index (χ4n) is 3.85. The molecule has 0 aliphatic carbocycles. The van der Waals surface area contributed by atoms with Crippen LogP contribution < -0.4 is 15.8 Å². The minimum Gasteiger partial charge on any atom is -0.339 e. The molecule has 146 valence electrons. The molecule has 0 bridgehead atoms. The van der Waals surface area contributed by atoms with Gasteiger partial charge in [-0.15, -0.1) is 0 Å². The van der Waals surface area contributed by atoms with E-state index >= 15 is 0 Å². The highest BCUT2D eigenvalue weighted by Gasteiger charge is 2.23. The number of para-hydroxylation sites is 1. The molecule has 1 aliphatic rings. The molecule has 1 N–H and O–H groups in total. The second-order valence-corrected chi connectivity index (χ2v) is 7.25. The predicted molar refractivity (Wildman–Crippen MR) is 110 cm³/mol. The van der Waals surface area contributed by atoms with Crippen molar-refractivity contribution in [2.75, 3.05) is 18.0 Å². The summed E-state index contributed by atoms with van der Waals surface area (Å²) in [6.45, 7) is 4.38. The summed E-state index contributed by atoms with van der Waals surface area (Å²) in [7, 11) is 1.93. The number of nitrogens with one attached hydrogen (secondary N) is 1. The summed E-state index contributed by atoms with van der Waals surface area (Å²) in [6, 6.07) is 11.9. The third-order valence-electron chi connectivity index (χ3n) is 5.50. The number of rotatable bonds is 5. The number of nitrogens with zero attached hydrogens (tertiary/aromatic N) is 5. The molecule has 1 saturated heterocycles. The lowest BCUT2D eigenvalue weighted by Crippen LogP contribution is -2.46. The van der Waals surface area contributed by atoms with Gasteiger partial charge in [0.05, 0.1) is 11.3 Å². The standard InChI is InChI=1S/C21H26N6O/c1-16-19(20(28)27(25(16)2)18-9-4-3-5-10-18)14-24-17-8-6-13-26(15-17)21-22-11-7-12-23-21/h3-5,7,9-12,17,24H,6,8,13-15H2,1-2H3/t17-/m1/s1. The molecule has 0 radical (unpaired) electrons. The van der Waals surface area contributed by atoms with Crippen molar-refractivity contribution in [1.29, 1.82) is 0 Å². The highest BCUT2D eigenvalue weighted by Crippen LogP contribution is 2.16. The van der Waals surface area contributed by atoms with Gasteiger partial charge in [-0.1, -0.05) is 18.2 Å². The lowest BCUT2D eigenvalue weighted by molar-refractivity contribution is 0.417. The Kier molecular flexibility index (Phi) is 5.25. The third kappa shape index (κ3) is 3.57. The van der Waals surface area contributed by atoms with Gasteiger partial charge in [0.2, 0.25) is 5.95 Å².